The SMILES string of the molecule is CCN(Cc1cccc(NC(=O)C(C)Oc2ccc(F)c(F)c2)c1)C(C)=O. The predicted octanol–water partition coefficient (Wildman–Crippen LogP) is 3.74. The van der Waals surface area contributed by atoms with Crippen LogP contribution in [0, 0.1) is 11.6 Å². The Balaban J connectivity index is 2.01. The van der Waals surface area contributed by atoms with Gasteiger partial charge in [0.1, 0.15) is 5.75 Å². The highest BCUT2D eigenvalue weighted by molar-refractivity contribution is 5.94. The van der Waals surface area contributed by atoms with E-state index in [1.54, 1.807) is 23.1 Å². The second kappa shape index (κ2) is 9.12. The Morgan fingerprint density at radius 2 is 1.89 bits per heavy atom. The van der Waals surface area contributed by atoms with Crippen molar-refractivity contribution in [2.24, 2.45) is 0 Å². The van der Waals surface area contributed by atoms with Gasteiger partial charge in [-0.1, -0.05) is 12.1 Å². The van der Waals surface area contributed by atoms with E-state index in [0.717, 1.165) is 17.7 Å². The van der Waals surface area contributed by atoms with Gasteiger partial charge >= 0.3 is 0 Å². The number of ether oxygens (including phenoxy) is 1. The summed E-state index contributed by atoms with van der Waals surface area (Å²) in [6, 6.07) is 10.2. The van der Waals surface area contributed by atoms with E-state index < -0.39 is 23.6 Å². The fourth-order valence-electron chi connectivity index (χ4n) is 2.47. The van der Waals surface area contributed by atoms with Gasteiger partial charge in [-0.25, -0.2) is 8.78 Å². The lowest BCUT2D eigenvalue weighted by molar-refractivity contribution is -0.129. The molecule has 1 unspecified atom stereocenters. The summed E-state index contributed by atoms with van der Waals surface area (Å²) in [5.74, 6) is -2.43. The minimum Gasteiger partial charge on any atom is -0.481 e. The molecule has 0 radical (unpaired) electrons. The summed E-state index contributed by atoms with van der Waals surface area (Å²) in [6.45, 7) is 5.94. The third-order valence-electron chi connectivity index (χ3n) is 3.97. The summed E-state index contributed by atoms with van der Waals surface area (Å²) < 4.78 is 31.5. The summed E-state index contributed by atoms with van der Waals surface area (Å²) in [6.07, 6.45) is -0.914. The molecule has 0 aromatic heterocycles. The Kier molecular flexibility index (Phi) is 6.87. The van der Waals surface area contributed by atoms with Crippen molar-refractivity contribution in [2.45, 2.75) is 33.4 Å². The average molecular weight is 376 g/mol. The number of anilines is 1. The van der Waals surface area contributed by atoms with Crippen molar-refractivity contribution in [2.75, 3.05) is 11.9 Å². The number of hydrogen-bond acceptors (Lipinski definition) is 3. The van der Waals surface area contributed by atoms with Crippen molar-refractivity contribution in [3.05, 3.63) is 59.7 Å². The highest BCUT2D eigenvalue weighted by atomic mass is 19.2. The van der Waals surface area contributed by atoms with Crippen LogP contribution in [0.4, 0.5) is 14.5 Å². The minimum absolute atomic E-state index is 0.0273. The van der Waals surface area contributed by atoms with Crippen LogP contribution in [0.2, 0.25) is 0 Å². The number of halogens is 2. The molecule has 0 bridgehead atoms. The van der Waals surface area contributed by atoms with Gasteiger partial charge in [-0.05, 0) is 43.7 Å². The van der Waals surface area contributed by atoms with Gasteiger partial charge in [0.2, 0.25) is 5.91 Å². The number of nitrogens with zero attached hydrogens (tertiary/aromatic N) is 1. The lowest BCUT2D eigenvalue weighted by Crippen LogP contribution is -2.30. The van der Waals surface area contributed by atoms with Crippen LogP contribution in [-0.4, -0.2) is 29.4 Å². The minimum atomic E-state index is -1.04. The molecule has 0 aliphatic carbocycles. The van der Waals surface area contributed by atoms with Gasteiger partial charge in [0.15, 0.2) is 17.7 Å². The largest absolute Gasteiger partial charge is 0.481 e. The normalized spacial score (nSPS) is 11.6. The van der Waals surface area contributed by atoms with Crippen molar-refractivity contribution >= 4 is 17.5 Å². The maximum atomic E-state index is 13.2. The van der Waals surface area contributed by atoms with Crippen LogP contribution >= 0.6 is 0 Å². The van der Waals surface area contributed by atoms with Crippen LogP contribution in [0.3, 0.4) is 0 Å². The maximum absolute atomic E-state index is 13.2. The van der Waals surface area contributed by atoms with E-state index in [9.17, 15) is 18.4 Å². The summed E-state index contributed by atoms with van der Waals surface area (Å²) in [5, 5.41) is 2.71. The Labute approximate surface area is 156 Å². The summed E-state index contributed by atoms with van der Waals surface area (Å²) >= 11 is 0. The average Bonchev–Trinajstić information content (AvgIpc) is 2.62. The van der Waals surface area contributed by atoms with Gasteiger partial charge in [0.25, 0.3) is 5.91 Å². The topological polar surface area (TPSA) is 58.6 Å². The van der Waals surface area contributed by atoms with Crippen LogP contribution < -0.4 is 10.1 Å². The Morgan fingerprint density at radius 1 is 1.15 bits per heavy atom. The number of carbonyl (C=O) groups is 2. The lowest BCUT2D eigenvalue weighted by Gasteiger charge is -2.19. The molecule has 0 spiro atoms. The standard InChI is InChI=1S/C20H22F2N2O3/c1-4-24(14(3)25)12-15-6-5-7-16(10-15)23-20(26)13(2)27-17-8-9-18(21)19(22)11-17/h5-11,13H,4,12H2,1-3H3,(H,23,26). The molecular formula is C20H22F2N2O3. The van der Waals surface area contributed by atoms with Crippen LogP contribution in [0.15, 0.2) is 42.5 Å². The van der Waals surface area contributed by atoms with E-state index in [1.165, 1.54) is 19.9 Å². The fourth-order valence-corrected chi connectivity index (χ4v) is 2.47. The van der Waals surface area contributed by atoms with Crippen molar-refractivity contribution in [3.63, 3.8) is 0 Å². The third kappa shape index (κ3) is 5.77. The lowest BCUT2D eigenvalue weighted by atomic mass is 10.2. The smallest absolute Gasteiger partial charge is 0.265 e. The van der Waals surface area contributed by atoms with Crippen LogP contribution in [0.5, 0.6) is 5.75 Å². The molecule has 2 amide bonds. The second-order valence-corrected chi connectivity index (χ2v) is 6.06. The van der Waals surface area contributed by atoms with Gasteiger partial charge in [-0.3, -0.25) is 9.59 Å². The molecule has 144 valence electrons. The first kappa shape index (κ1) is 20.4. The van der Waals surface area contributed by atoms with Crippen LogP contribution in [0.1, 0.15) is 26.3 Å². The van der Waals surface area contributed by atoms with Gasteiger partial charge in [0, 0.05) is 31.8 Å². The molecule has 1 N–H and O–H groups in total. The molecule has 1 atom stereocenters. The number of carbonyl (C=O) groups excluding carboxylic acids is 2. The van der Waals surface area contributed by atoms with E-state index in [2.05, 4.69) is 5.32 Å². The van der Waals surface area contributed by atoms with E-state index in [-0.39, 0.29) is 11.7 Å². The van der Waals surface area contributed by atoms with Crippen LogP contribution in [-0.2, 0) is 16.1 Å². The molecule has 7 heteroatoms. The fraction of sp³-hybridized carbons (Fsp3) is 0.300. The second-order valence-electron chi connectivity index (χ2n) is 6.06. The number of amides is 2. The molecule has 2 aromatic carbocycles. The molecule has 2 rings (SSSR count). The molecule has 0 aliphatic heterocycles. The van der Waals surface area contributed by atoms with Crippen molar-refractivity contribution < 1.29 is 23.1 Å². The summed E-state index contributed by atoms with van der Waals surface area (Å²) in [4.78, 5) is 25.5. The van der Waals surface area contributed by atoms with E-state index in [1.807, 2.05) is 13.0 Å². The predicted molar refractivity (Wildman–Crippen MR) is 98.3 cm³/mol. The maximum Gasteiger partial charge on any atom is 0.265 e. The first-order valence-corrected chi connectivity index (χ1v) is 8.57. The zero-order chi connectivity index (χ0) is 20.0. The van der Waals surface area contributed by atoms with Gasteiger partial charge < -0.3 is 15.0 Å². The number of rotatable bonds is 7. The van der Waals surface area contributed by atoms with E-state index >= 15 is 0 Å². The van der Waals surface area contributed by atoms with Gasteiger partial charge in [-0.2, -0.15) is 0 Å². The number of hydrogen-bond donors (Lipinski definition) is 1. The molecule has 0 aliphatic rings. The highest BCUT2D eigenvalue weighted by Gasteiger charge is 2.16. The molecule has 0 saturated heterocycles. The van der Waals surface area contributed by atoms with Crippen molar-refractivity contribution in [1.82, 2.24) is 4.90 Å². The Morgan fingerprint density at radius 3 is 2.52 bits per heavy atom. The molecule has 27 heavy (non-hydrogen) atoms. The molecule has 5 nitrogen and oxygen atoms in total. The Bertz CT molecular complexity index is 827. The van der Waals surface area contributed by atoms with Gasteiger partial charge in [0.05, 0.1) is 0 Å². The monoisotopic (exact) mass is 376 g/mol. The molecular weight excluding hydrogens is 354 g/mol. The molecule has 2 aromatic rings. The zero-order valence-corrected chi connectivity index (χ0v) is 15.5. The highest BCUT2D eigenvalue weighted by Crippen LogP contribution is 2.18. The number of nitrogens with one attached hydrogen (secondary N) is 1. The quantitative estimate of drug-likeness (QED) is 0.801. The number of benzene rings is 2. The first-order valence-electron chi connectivity index (χ1n) is 8.57. The van der Waals surface area contributed by atoms with E-state index in [0.29, 0.717) is 18.8 Å². The van der Waals surface area contributed by atoms with Crippen molar-refractivity contribution in [1.29, 1.82) is 0 Å². The summed E-state index contributed by atoms with van der Waals surface area (Å²) in [7, 11) is 0. The van der Waals surface area contributed by atoms with E-state index in [4.69, 9.17) is 4.74 Å². The third-order valence-corrected chi connectivity index (χ3v) is 3.97. The Hall–Kier alpha value is -2.96. The zero-order valence-electron chi connectivity index (χ0n) is 15.5. The summed E-state index contributed by atoms with van der Waals surface area (Å²) in [5.41, 5.74) is 1.43. The molecule has 0 saturated carbocycles. The molecule has 0 heterocycles. The first-order chi connectivity index (χ1) is 12.8. The van der Waals surface area contributed by atoms with Crippen molar-refractivity contribution in [3.8, 4) is 5.75 Å². The van der Waals surface area contributed by atoms with Crippen LogP contribution in [0.25, 0.3) is 0 Å². The molecule has 0 fully saturated rings. The van der Waals surface area contributed by atoms with Gasteiger partial charge in [-0.15, -0.1) is 0 Å².